The molecule has 1 aliphatic carbocycles. The molecule has 4 nitrogen and oxygen atoms in total. The number of benzene rings is 3. The minimum absolute atomic E-state index is 0.347. The molecule has 2 fully saturated rings. The van der Waals surface area contributed by atoms with Gasteiger partial charge in [0.2, 0.25) is 0 Å². The smallest absolute Gasteiger partial charge is 0.261 e. The van der Waals surface area contributed by atoms with Crippen LogP contribution in [0.15, 0.2) is 84.9 Å². The van der Waals surface area contributed by atoms with E-state index in [0.717, 1.165) is 25.2 Å². The first kappa shape index (κ1) is 20.9. The number of aliphatic hydroxyl groups is 1. The molecule has 4 heteroatoms. The maximum absolute atomic E-state index is 13.4. The van der Waals surface area contributed by atoms with Crippen molar-refractivity contribution in [2.24, 2.45) is 17.8 Å². The van der Waals surface area contributed by atoms with E-state index >= 15 is 0 Å². The van der Waals surface area contributed by atoms with E-state index in [-0.39, 0.29) is 5.91 Å². The standard InChI is InChI=1S/C28H30N2O2/c1-20-9-8-14-23(15-20)28(32,22-12-6-3-7-13-22)27(31)29-16-24-25-18-30(19-26(24)25)17-21-10-4-2-5-11-21/h2-15,24-26,32H,16-19H2,1H3,(H,29,31)/t24?,25-,26+,28-/m0/s1. The number of nitrogens with one attached hydrogen (secondary N) is 1. The summed E-state index contributed by atoms with van der Waals surface area (Å²) in [4.78, 5) is 15.9. The Morgan fingerprint density at radius 1 is 0.938 bits per heavy atom. The number of fused-ring (bicyclic) bond motifs is 1. The van der Waals surface area contributed by atoms with Gasteiger partial charge in [0.1, 0.15) is 0 Å². The molecule has 164 valence electrons. The first-order valence-corrected chi connectivity index (χ1v) is 11.5. The monoisotopic (exact) mass is 426 g/mol. The largest absolute Gasteiger partial charge is 0.372 e. The van der Waals surface area contributed by atoms with Crippen molar-refractivity contribution in [1.29, 1.82) is 0 Å². The van der Waals surface area contributed by atoms with Crippen molar-refractivity contribution in [3.05, 3.63) is 107 Å². The van der Waals surface area contributed by atoms with Crippen LogP contribution in [0.5, 0.6) is 0 Å². The first-order valence-electron chi connectivity index (χ1n) is 11.5. The Hall–Kier alpha value is -2.95. The van der Waals surface area contributed by atoms with E-state index in [2.05, 4.69) is 40.5 Å². The minimum Gasteiger partial charge on any atom is -0.372 e. The molecule has 4 atom stereocenters. The van der Waals surface area contributed by atoms with Gasteiger partial charge < -0.3 is 10.4 Å². The number of likely N-dealkylation sites (tertiary alicyclic amines) is 1. The Bertz CT molecular complexity index is 1070. The number of rotatable bonds is 7. The van der Waals surface area contributed by atoms with Crippen molar-refractivity contribution in [3.8, 4) is 0 Å². The van der Waals surface area contributed by atoms with Crippen LogP contribution in [0.25, 0.3) is 0 Å². The van der Waals surface area contributed by atoms with Crippen molar-refractivity contribution in [2.45, 2.75) is 19.1 Å². The Balaban J connectivity index is 1.23. The molecule has 1 aliphatic heterocycles. The fourth-order valence-corrected chi connectivity index (χ4v) is 5.33. The fourth-order valence-electron chi connectivity index (χ4n) is 5.33. The zero-order valence-corrected chi connectivity index (χ0v) is 18.4. The van der Waals surface area contributed by atoms with E-state index in [1.54, 1.807) is 0 Å². The Kier molecular flexibility index (Phi) is 5.58. The summed E-state index contributed by atoms with van der Waals surface area (Å²) in [5, 5.41) is 14.8. The lowest BCUT2D eigenvalue weighted by atomic mass is 9.84. The summed E-state index contributed by atoms with van der Waals surface area (Å²) in [6, 6.07) is 27.4. The van der Waals surface area contributed by atoms with Gasteiger partial charge in [-0.2, -0.15) is 0 Å². The molecule has 1 saturated heterocycles. The van der Waals surface area contributed by atoms with E-state index in [4.69, 9.17) is 0 Å². The molecule has 3 aromatic rings. The second-order valence-corrected chi connectivity index (χ2v) is 9.33. The maximum Gasteiger partial charge on any atom is 0.261 e. The average Bonchev–Trinajstić information content (AvgIpc) is 3.28. The second-order valence-electron chi connectivity index (χ2n) is 9.33. The van der Waals surface area contributed by atoms with E-state index in [0.29, 0.717) is 35.4 Å². The number of carbonyl (C=O) groups excluding carboxylic acids is 1. The number of nitrogens with zero attached hydrogens (tertiary/aromatic N) is 1. The van der Waals surface area contributed by atoms with E-state index in [1.807, 2.05) is 61.5 Å². The summed E-state index contributed by atoms with van der Waals surface area (Å²) in [7, 11) is 0. The van der Waals surface area contributed by atoms with Crippen LogP contribution in [0, 0.1) is 24.7 Å². The number of aryl methyl sites for hydroxylation is 1. The molecular formula is C28H30N2O2. The molecule has 1 saturated carbocycles. The van der Waals surface area contributed by atoms with Crippen molar-refractivity contribution in [2.75, 3.05) is 19.6 Å². The van der Waals surface area contributed by atoms with Crippen molar-refractivity contribution < 1.29 is 9.90 Å². The predicted molar refractivity (Wildman–Crippen MR) is 126 cm³/mol. The molecule has 2 aliphatic rings. The lowest BCUT2D eigenvalue weighted by Crippen LogP contribution is -2.46. The van der Waals surface area contributed by atoms with Crippen molar-refractivity contribution in [1.82, 2.24) is 10.2 Å². The van der Waals surface area contributed by atoms with Crippen LogP contribution in [0.1, 0.15) is 22.3 Å². The topological polar surface area (TPSA) is 52.6 Å². The van der Waals surface area contributed by atoms with Gasteiger partial charge in [-0.1, -0.05) is 90.5 Å². The summed E-state index contributed by atoms with van der Waals surface area (Å²) in [6.07, 6.45) is 0. The van der Waals surface area contributed by atoms with Crippen LogP contribution in [-0.4, -0.2) is 35.5 Å². The number of carbonyl (C=O) groups is 1. The van der Waals surface area contributed by atoms with Gasteiger partial charge in [0.25, 0.3) is 5.91 Å². The van der Waals surface area contributed by atoms with Crippen LogP contribution in [0.4, 0.5) is 0 Å². The van der Waals surface area contributed by atoms with Gasteiger partial charge in [-0.25, -0.2) is 0 Å². The summed E-state index contributed by atoms with van der Waals surface area (Å²) in [5.74, 6) is 1.44. The van der Waals surface area contributed by atoms with Crippen LogP contribution in [0.2, 0.25) is 0 Å². The molecule has 1 unspecified atom stereocenters. The highest BCUT2D eigenvalue weighted by molar-refractivity contribution is 5.90. The Morgan fingerprint density at radius 3 is 2.22 bits per heavy atom. The normalized spacial score (nSPS) is 23.9. The quantitative estimate of drug-likeness (QED) is 0.605. The molecule has 0 radical (unpaired) electrons. The predicted octanol–water partition coefficient (Wildman–Crippen LogP) is 3.73. The third kappa shape index (κ3) is 3.96. The zero-order chi connectivity index (χ0) is 22.1. The van der Waals surface area contributed by atoms with E-state index in [1.165, 1.54) is 5.56 Å². The van der Waals surface area contributed by atoms with Crippen molar-refractivity contribution in [3.63, 3.8) is 0 Å². The second kappa shape index (κ2) is 8.53. The third-order valence-electron chi connectivity index (χ3n) is 7.15. The van der Waals surface area contributed by atoms with Crippen LogP contribution < -0.4 is 5.32 Å². The fraction of sp³-hybridized carbons (Fsp3) is 0.321. The van der Waals surface area contributed by atoms with Crippen molar-refractivity contribution >= 4 is 5.91 Å². The summed E-state index contributed by atoms with van der Waals surface area (Å²) >= 11 is 0. The molecular weight excluding hydrogens is 396 g/mol. The van der Waals surface area contributed by atoms with Gasteiger partial charge in [-0.15, -0.1) is 0 Å². The van der Waals surface area contributed by atoms with E-state index < -0.39 is 5.60 Å². The molecule has 3 aromatic carbocycles. The molecule has 0 spiro atoms. The number of amides is 1. The molecule has 2 N–H and O–H groups in total. The van der Waals surface area contributed by atoms with Gasteiger partial charge in [0.15, 0.2) is 5.60 Å². The maximum atomic E-state index is 13.4. The molecule has 32 heavy (non-hydrogen) atoms. The number of piperidine rings is 1. The van der Waals surface area contributed by atoms with Crippen LogP contribution in [-0.2, 0) is 16.9 Å². The average molecular weight is 427 g/mol. The summed E-state index contributed by atoms with van der Waals surface area (Å²) in [6.45, 7) is 5.75. The van der Waals surface area contributed by atoms with Gasteiger partial charge in [-0.05, 0) is 41.4 Å². The highest BCUT2D eigenvalue weighted by Gasteiger charge is 2.55. The lowest BCUT2D eigenvalue weighted by Gasteiger charge is -2.29. The van der Waals surface area contributed by atoms with Gasteiger partial charge in [0.05, 0.1) is 0 Å². The first-order chi connectivity index (χ1) is 15.6. The minimum atomic E-state index is -1.70. The van der Waals surface area contributed by atoms with Gasteiger partial charge >= 0.3 is 0 Å². The molecule has 5 rings (SSSR count). The SMILES string of the molecule is Cc1cccc([C@](O)(C(=O)NCC2[C@H]3CN(Cc4ccccc4)C[C@@H]23)c2ccccc2)c1. The summed E-state index contributed by atoms with van der Waals surface area (Å²) in [5.41, 5.74) is 1.86. The van der Waals surface area contributed by atoms with E-state index in [9.17, 15) is 9.90 Å². The van der Waals surface area contributed by atoms with Crippen LogP contribution in [0.3, 0.4) is 0 Å². The molecule has 0 aromatic heterocycles. The van der Waals surface area contributed by atoms with Gasteiger partial charge in [0, 0.05) is 26.2 Å². The highest BCUT2D eigenvalue weighted by atomic mass is 16.3. The Labute approximate surface area is 189 Å². The van der Waals surface area contributed by atoms with Gasteiger partial charge in [-0.3, -0.25) is 9.69 Å². The highest BCUT2D eigenvalue weighted by Crippen LogP contribution is 2.51. The number of hydrogen-bond acceptors (Lipinski definition) is 3. The van der Waals surface area contributed by atoms with Crippen LogP contribution >= 0.6 is 0 Å². The Morgan fingerprint density at radius 2 is 1.56 bits per heavy atom. The molecule has 1 heterocycles. The lowest BCUT2D eigenvalue weighted by molar-refractivity contribution is -0.136. The third-order valence-corrected chi connectivity index (χ3v) is 7.15. The molecule has 0 bridgehead atoms. The number of hydrogen-bond donors (Lipinski definition) is 2. The molecule has 1 amide bonds. The zero-order valence-electron chi connectivity index (χ0n) is 18.4. The summed E-state index contributed by atoms with van der Waals surface area (Å²) < 4.78 is 0.